The van der Waals surface area contributed by atoms with Gasteiger partial charge in [-0.05, 0) is 12.1 Å². The fraction of sp³-hybridized carbons (Fsp3) is 0.231. The highest BCUT2D eigenvalue weighted by Gasteiger charge is 2.17. The number of anilines is 1. The molecule has 1 aromatic carbocycles. The van der Waals surface area contributed by atoms with Crippen LogP contribution >= 0.6 is 0 Å². The van der Waals surface area contributed by atoms with Gasteiger partial charge in [0.25, 0.3) is 0 Å². The molecule has 0 saturated carbocycles. The van der Waals surface area contributed by atoms with Crippen LogP contribution in [0.3, 0.4) is 0 Å². The van der Waals surface area contributed by atoms with Gasteiger partial charge in [0.05, 0.1) is 19.8 Å². The monoisotopic (exact) mass is 245 g/mol. The van der Waals surface area contributed by atoms with Gasteiger partial charge >= 0.3 is 0 Å². The summed E-state index contributed by atoms with van der Waals surface area (Å²) in [4.78, 5) is 8.59. The minimum atomic E-state index is 0.681. The van der Waals surface area contributed by atoms with Crippen LogP contribution in [0, 0.1) is 0 Å². The summed E-state index contributed by atoms with van der Waals surface area (Å²) in [5.74, 6) is 2.08. The molecule has 0 aliphatic carbocycles. The van der Waals surface area contributed by atoms with Crippen molar-refractivity contribution in [3.05, 3.63) is 30.6 Å². The van der Waals surface area contributed by atoms with E-state index in [0.717, 1.165) is 5.56 Å². The van der Waals surface area contributed by atoms with Gasteiger partial charge in [0.2, 0.25) is 0 Å². The molecule has 94 valence electrons. The van der Waals surface area contributed by atoms with Crippen molar-refractivity contribution >= 4 is 5.82 Å². The maximum atomic E-state index is 5.37. The Morgan fingerprint density at radius 1 is 1.00 bits per heavy atom. The van der Waals surface area contributed by atoms with Gasteiger partial charge in [0, 0.05) is 19.4 Å². The van der Waals surface area contributed by atoms with Crippen LogP contribution < -0.4 is 14.8 Å². The minimum absolute atomic E-state index is 0.681. The Kier molecular flexibility index (Phi) is 3.62. The predicted octanol–water partition coefficient (Wildman–Crippen LogP) is 2.20. The summed E-state index contributed by atoms with van der Waals surface area (Å²) in [5.41, 5.74) is 1.49. The Morgan fingerprint density at radius 3 is 2.17 bits per heavy atom. The van der Waals surface area contributed by atoms with Crippen LogP contribution in [-0.4, -0.2) is 31.2 Å². The van der Waals surface area contributed by atoms with E-state index in [1.165, 1.54) is 0 Å². The number of nitrogens with zero attached hydrogens (tertiary/aromatic N) is 2. The summed E-state index contributed by atoms with van der Waals surface area (Å²) in [7, 11) is 5.04. The molecule has 0 aliphatic rings. The third-order valence-electron chi connectivity index (χ3n) is 2.60. The fourth-order valence-electron chi connectivity index (χ4n) is 1.79. The zero-order valence-electron chi connectivity index (χ0n) is 10.6. The van der Waals surface area contributed by atoms with E-state index < -0.39 is 0 Å². The van der Waals surface area contributed by atoms with Crippen LogP contribution in [0.25, 0.3) is 11.3 Å². The second-order valence-corrected chi connectivity index (χ2v) is 3.54. The molecule has 2 aromatic rings. The first-order valence-electron chi connectivity index (χ1n) is 5.52. The first kappa shape index (κ1) is 12.2. The molecular weight excluding hydrogens is 230 g/mol. The lowest BCUT2D eigenvalue weighted by Crippen LogP contribution is -2.00. The number of aromatic nitrogens is 2. The van der Waals surface area contributed by atoms with E-state index in [-0.39, 0.29) is 0 Å². The lowest BCUT2D eigenvalue weighted by Gasteiger charge is -2.14. The SMILES string of the molecule is CNc1nccnc1-c1c(OC)cccc1OC. The fourth-order valence-corrected chi connectivity index (χ4v) is 1.79. The van der Waals surface area contributed by atoms with Gasteiger partial charge in [-0.25, -0.2) is 4.98 Å². The largest absolute Gasteiger partial charge is 0.496 e. The van der Waals surface area contributed by atoms with Gasteiger partial charge < -0.3 is 14.8 Å². The van der Waals surface area contributed by atoms with Crippen LogP contribution in [0.5, 0.6) is 11.5 Å². The maximum Gasteiger partial charge on any atom is 0.152 e. The molecule has 0 atom stereocenters. The summed E-state index contributed by atoms with van der Waals surface area (Å²) >= 11 is 0. The average molecular weight is 245 g/mol. The predicted molar refractivity (Wildman–Crippen MR) is 70.1 cm³/mol. The molecule has 1 aromatic heterocycles. The number of ether oxygens (including phenoxy) is 2. The molecular formula is C13H15N3O2. The topological polar surface area (TPSA) is 56.3 Å². The Balaban J connectivity index is 2.68. The Labute approximate surface area is 106 Å². The molecule has 0 fully saturated rings. The zero-order valence-corrected chi connectivity index (χ0v) is 10.6. The first-order chi connectivity index (χ1) is 8.81. The van der Waals surface area contributed by atoms with E-state index in [1.54, 1.807) is 33.7 Å². The van der Waals surface area contributed by atoms with E-state index in [0.29, 0.717) is 23.0 Å². The van der Waals surface area contributed by atoms with Crippen molar-refractivity contribution in [2.45, 2.75) is 0 Å². The van der Waals surface area contributed by atoms with Crippen molar-refractivity contribution in [2.24, 2.45) is 0 Å². The van der Waals surface area contributed by atoms with Crippen molar-refractivity contribution in [2.75, 3.05) is 26.6 Å². The van der Waals surface area contributed by atoms with Gasteiger partial charge in [-0.3, -0.25) is 4.98 Å². The third kappa shape index (κ3) is 2.07. The van der Waals surface area contributed by atoms with Gasteiger partial charge in [-0.1, -0.05) is 6.07 Å². The van der Waals surface area contributed by atoms with Crippen LogP contribution in [0.2, 0.25) is 0 Å². The van der Waals surface area contributed by atoms with Crippen molar-refractivity contribution in [1.82, 2.24) is 9.97 Å². The van der Waals surface area contributed by atoms with Crippen molar-refractivity contribution in [3.8, 4) is 22.8 Å². The number of hydrogen-bond donors (Lipinski definition) is 1. The molecule has 2 rings (SSSR count). The maximum absolute atomic E-state index is 5.37. The normalized spacial score (nSPS) is 9.94. The minimum Gasteiger partial charge on any atom is -0.496 e. The highest BCUT2D eigenvalue weighted by atomic mass is 16.5. The molecule has 18 heavy (non-hydrogen) atoms. The second kappa shape index (κ2) is 5.35. The Hall–Kier alpha value is -2.30. The van der Waals surface area contributed by atoms with E-state index in [1.807, 2.05) is 18.2 Å². The van der Waals surface area contributed by atoms with E-state index in [4.69, 9.17) is 9.47 Å². The van der Waals surface area contributed by atoms with Gasteiger partial charge in [0.1, 0.15) is 17.2 Å². The summed E-state index contributed by atoms with van der Waals surface area (Å²) in [5, 5.41) is 3.01. The highest BCUT2D eigenvalue weighted by molar-refractivity contribution is 5.81. The summed E-state index contributed by atoms with van der Waals surface area (Å²) in [6, 6.07) is 5.61. The molecule has 1 N–H and O–H groups in total. The van der Waals surface area contributed by atoms with Crippen LogP contribution in [0.15, 0.2) is 30.6 Å². The summed E-state index contributed by atoms with van der Waals surface area (Å²) in [6.45, 7) is 0. The van der Waals surface area contributed by atoms with Crippen molar-refractivity contribution < 1.29 is 9.47 Å². The number of nitrogens with one attached hydrogen (secondary N) is 1. The number of rotatable bonds is 4. The number of hydrogen-bond acceptors (Lipinski definition) is 5. The van der Waals surface area contributed by atoms with E-state index in [9.17, 15) is 0 Å². The quantitative estimate of drug-likeness (QED) is 0.895. The zero-order chi connectivity index (χ0) is 13.0. The second-order valence-electron chi connectivity index (χ2n) is 3.54. The van der Waals surface area contributed by atoms with Crippen LogP contribution in [-0.2, 0) is 0 Å². The lowest BCUT2D eigenvalue weighted by molar-refractivity contribution is 0.397. The van der Waals surface area contributed by atoms with Gasteiger partial charge in [0.15, 0.2) is 5.82 Å². The molecule has 5 nitrogen and oxygen atoms in total. The van der Waals surface area contributed by atoms with Crippen LogP contribution in [0.4, 0.5) is 5.82 Å². The van der Waals surface area contributed by atoms with Gasteiger partial charge in [-0.2, -0.15) is 0 Å². The van der Waals surface area contributed by atoms with Crippen molar-refractivity contribution in [3.63, 3.8) is 0 Å². The van der Waals surface area contributed by atoms with Crippen molar-refractivity contribution in [1.29, 1.82) is 0 Å². The molecule has 0 saturated heterocycles. The molecule has 5 heteroatoms. The van der Waals surface area contributed by atoms with E-state index >= 15 is 0 Å². The first-order valence-corrected chi connectivity index (χ1v) is 5.52. The van der Waals surface area contributed by atoms with E-state index in [2.05, 4.69) is 15.3 Å². The number of benzene rings is 1. The van der Waals surface area contributed by atoms with Crippen LogP contribution in [0.1, 0.15) is 0 Å². The van der Waals surface area contributed by atoms with Gasteiger partial charge in [-0.15, -0.1) is 0 Å². The average Bonchev–Trinajstić information content (AvgIpc) is 2.46. The standard InChI is InChI=1S/C13H15N3O2/c1-14-13-12(15-7-8-16-13)11-9(17-2)5-4-6-10(11)18-3/h4-8H,1-3H3,(H,14,16). The lowest BCUT2D eigenvalue weighted by atomic mass is 10.1. The highest BCUT2D eigenvalue weighted by Crippen LogP contribution is 2.39. The molecule has 1 heterocycles. The summed E-state index contributed by atoms with van der Waals surface area (Å²) in [6.07, 6.45) is 3.28. The Morgan fingerprint density at radius 2 is 1.61 bits per heavy atom. The molecule has 0 amide bonds. The molecule has 0 bridgehead atoms. The third-order valence-corrected chi connectivity index (χ3v) is 2.60. The smallest absolute Gasteiger partial charge is 0.152 e. The number of methoxy groups -OCH3 is 2. The molecule has 0 radical (unpaired) electrons. The molecule has 0 unspecified atom stereocenters. The Bertz CT molecular complexity index is 521. The molecule has 0 aliphatic heterocycles. The molecule has 0 spiro atoms. The summed E-state index contributed by atoms with van der Waals surface area (Å²) < 4.78 is 10.7.